The van der Waals surface area contributed by atoms with Crippen LogP contribution in [0, 0.1) is 0 Å². The molecule has 0 saturated carbocycles. The largest absolute Gasteiger partial charge is 0.468 e. The second kappa shape index (κ2) is 7.71. The van der Waals surface area contributed by atoms with E-state index in [9.17, 15) is 4.79 Å². The Bertz CT molecular complexity index is 874. The van der Waals surface area contributed by atoms with E-state index in [2.05, 4.69) is 15.2 Å². The highest BCUT2D eigenvalue weighted by Crippen LogP contribution is 2.31. The van der Waals surface area contributed by atoms with Crippen molar-refractivity contribution < 1.29 is 14.3 Å². The van der Waals surface area contributed by atoms with Gasteiger partial charge in [-0.1, -0.05) is 30.0 Å². The molecule has 3 rings (SSSR count). The summed E-state index contributed by atoms with van der Waals surface area (Å²) in [4.78, 5) is 15.0. The molecule has 0 aliphatic carbocycles. The predicted octanol–water partition coefficient (Wildman–Crippen LogP) is 2.73. The summed E-state index contributed by atoms with van der Waals surface area (Å²) in [6.07, 6.45) is 1.93. The molecule has 0 spiro atoms. The molecule has 132 valence electrons. The normalized spacial score (nSPS) is 12.4. The molecule has 0 radical (unpaired) electrons. The van der Waals surface area contributed by atoms with E-state index in [1.54, 1.807) is 14.0 Å². The van der Waals surface area contributed by atoms with Gasteiger partial charge in [0.15, 0.2) is 11.0 Å². The average molecular weight is 360 g/mol. The third-order valence-corrected chi connectivity index (χ3v) is 4.94. The first-order valence-electron chi connectivity index (χ1n) is 7.88. The molecule has 7 nitrogen and oxygen atoms in total. The number of ether oxygens (including phenoxy) is 2. The second-order valence-corrected chi connectivity index (χ2v) is 6.79. The van der Waals surface area contributed by atoms with Crippen LogP contribution in [0.25, 0.3) is 22.3 Å². The third kappa shape index (κ3) is 3.54. The number of aromatic nitrogens is 4. The lowest BCUT2D eigenvalue weighted by Gasteiger charge is -2.11. The van der Waals surface area contributed by atoms with Crippen molar-refractivity contribution in [3.8, 4) is 11.4 Å². The lowest BCUT2D eigenvalue weighted by Crippen LogP contribution is -2.16. The molecule has 0 saturated heterocycles. The first kappa shape index (κ1) is 17.5. The van der Waals surface area contributed by atoms with Crippen molar-refractivity contribution in [1.82, 2.24) is 19.7 Å². The van der Waals surface area contributed by atoms with Crippen molar-refractivity contribution >= 4 is 28.6 Å². The fraction of sp³-hybridized carbons (Fsp3) is 0.353. The summed E-state index contributed by atoms with van der Waals surface area (Å²) in [7, 11) is 3.03. The van der Waals surface area contributed by atoms with Crippen molar-refractivity contribution in [3.05, 3.63) is 30.5 Å². The summed E-state index contributed by atoms with van der Waals surface area (Å²) < 4.78 is 12.0. The average Bonchev–Trinajstić information content (AvgIpc) is 3.22. The first-order valence-corrected chi connectivity index (χ1v) is 8.76. The van der Waals surface area contributed by atoms with Gasteiger partial charge in [-0.2, -0.15) is 0 Å². The molecule has 2 heterocycles. The Balaban J connectivity index is 2.00. The van der Waals surface area contributed by atoms with Gasteiger partial charge in [-0.15, -0.1) is 10.2 Å². The SMILES string of the molecule is COCCn1c(SC(C)C(=O)OC)nnc1-c1c[nH]c2ccccc12. The lowest BCUT2D eigenvalue weighted by molar-refractivity contribution is -0.139. The van der Waals surface area contributed by atoms with E-state index in [4.69, 9.17) is 9.47 Å². The van der Waals surface area contributed by atoms with Crippen LogP contribution >= 0.6 is 11.8 Å². The van der Waals surface area contributed by atoms with Gasteiger partial charge < -0.3 is 14.5 Å². The standard InChI is InChI=1S/C17H20N4O3S/c1-11(16(22)24-3)25-17-20-19-15(21(17)8-9-23-2)13-10-18-14-7-5-4-6-12(13)14/h4-7,10-11,18H,8-9H2,1-3H3. The van der Waals surface area contributed by atoms with Gasteiger partial charge in [0.1, 0.15) is 5.25 Å². The summed E-state index contributed by atoms with van der Waals surface area (Å²) >= 11 is 1.33. The van der Waals surface area contributed by atoms with Crippen molar-refractivity contribution in [1.29, 1.82) is 0 Å². The van der Waals surface area contributed by atoms with Gasteiger partial charge in [0.25, 0.3) is 0 Å². The predicted molar refractivity (Wildman–Crippen MR) is 96.5 cm³/mol. The number of esters is 1. The van der Waals surface area contributed by atoms with Gasteiger partial charge in [0.05, 0.1) is 20.3 Å². The van der Waals surface area contributed by atoms with Crippen LogP contribution in [0.15, 0.2) is 35.6 Å². The highest BCUT2D eigenvalue weighted by molar-refractivity contribution is 8.00. The fourth-order valence-electron chi connectivity index (χ4n) is 2.59. The molecule has 1 atom stereocenters. The minimum Gasteiger partial charge on any atom is -0.468 e. The Labute approximate surface area is 149 Å². The quantitative estimate of drug-likeness (QED) is 0.515. The number of nitrogens with one attached hydrogen (secondary N) is 1. The van der Waals surface area contributed by atoms with E-state index < -0.39 is 0 Å². The maximum absolute atomic E-state index is 11.7. The fourth-order valence-corrected chi connectivity index (χ4v) is 3.49. The van der Waals surface area contributed by atoms with Crippen LogP contribution in [0.1, 0.15) is 6.92 Å². The van der Waals surface area contributed by atoms with E-state index in [0.717, 1.165) is 22.3 Å². The van der Waals surface area contributed by atoms with Crippen LogP contribution in [0.3, 0.4) is 0 Å². The molecular weight excluding hydrogens is 340 g/mol. The number of carbonyl (C=O) groups is 1. The molecular formula is C17H20N4O3S. The zero-order valence-electron chi connectivity index (χ0n) is 14.4. The number of nitrogens with zero attached hydrogens (tertiary/aromatic N) is 3. The number of thioether (sulfide) groups is 1. The second-order valence-electron chi connectivity index (χ2n) is 5.48. The topological polar surface area (TPSA) is 82.0 Å². The third-order valence-electron chi connectivity index (χ3n) is 3.88. The molecule has 1 N–H and O–H groups in total. The lowest BCUT2D eigenvalue weighted by atomic mass is 10.1. The van der Waals surface area contributed by atoms with Crippen molar-refractivity contribution in [2.75, 3.05) is 20.8 Å². The van der Waals surface area contributed by atoms with Crippen LogP contribution in [-0.4, -0.2) is 51.8 Å². The van der Waals surface area contributed by atoms with Crippen LogP contribution < -0.4 is 0 Å². The summed E-state index contributed by atoms with van der Waals surface area (Å²) in [6, 6.07) is 8.03. The maximum Gasteiger partial charge on any atom is 0.318 e. The number of hydrogen-bond acceptors (Lipinski definition) is 6. The number of para-hydroxylation sites is 1. The van der Waals surface area contributed by atoms with Gasteiger partial charge in [0.2, 0.25) is 0 Å². The van der Waals surface area contributed by atoms with Gasteiger partial charge in [-0.05, 0) is 13.0 Å². The summed E-state index contributed by atoms with van der Waals surface area (Å²) in [5.41, 5.74) is 2.01. The molecule has 2 aromatic heterocycles. The highest BCUT2D eigenvalue weighted by Gasteiger charge is 2.22. The van der Waals surface area contributed by atoms with E-state index in [1.165, 1.54) is 18.9 Å². The van der Waals surface area contributed by atoms with E-state index in [1.807, 2.05) is 35.0 Å². The summed E-state index contributed by atoms with van der Waals surface area (Å²) in [5.74, 6) is 0.453. The minimum atomic E-state index is -0.369. The van der Waals surface area contributed by atoms with E-state index in [-0.39, 0.29) is 11.2 Å². The molecule has 8 heteroatoms. The Morgan fingerprint density at radius 3 is 2.88 bits per heavy atom. The van der Waals surface area contributed by atoms with E-state index in [0.29, 0.717) is 18.3 Å². The molecule has 0 aliphatic heterocycles. The van der Waals surface area contributed by atoms with Gasteiger partial charge >= 0.3 is 5.97 Å². The minimum absolute atomic E-state index is 0.292. The van der Waals surface area contributed by atoms with Gasteiger partial charge in [-0.3, -0.25) is 9.36 Å². The van der Waals surface area contributed by atoms with Crippen LogP contribution in [-0.2, 0) is 20.8 Å². The summed E-state index contributed by atoms with van der Waals surface area (Å²) in [5, 5.41) is 10.0. The van der Waals surface area contributed by atoms with Crippen LogP contribution in [0.5, 0.6) is 0 Å². The van der Waals surface area contributed by atoms with Crippen LogP contribution in [0.2, 0.25) is 0 Å². The zero-order chi connectivity index (χ0) is 17.8. The Hall–Kier alpha value is -2.32. The van der Waals surface area contributed by atoms with Crippen molar-refractivity contribution in [2.24, 2.45) is 0 Å². The van der Waals surface area contributed by atoms with Crippen LogP contribution in [0.4, 0.5) is 0 Å². The monoisotopic (exact) mass is 360 g/mol. The molecule has 1 aromatic carbocycles. The molecule has 3 aromatic rings. The number of carbonyl (C=O) groups excluding carboxylic acids is 1. The number of aromatic amines is 1. The highest BCUT2D eigenvalue weighted by atomic mass is 32.2. The number of fused-ring (bicyclic) bond motifs is 1. The molecule has 25 heavy (non-hydrogen) atoms. The molecule has 0 amide bonds. The molecule has 0 bridgehead atoms. The van der Waals surface area contributed by atoms with E-state index >= 15 is 0 Å². The molecule has 1 unspecified atom stereocenters. The smallest absolute Gasteiger partial charge is 0.318 e. The zero-order valence-corrected chi connectivity index (χ0v) is 15.2. The number of rotatable bonds is 7. The Morgan fingerprint density at radius 1 is 1.32 bits per heavy atom. The van der Waals surface area contributed by atoms with Crippen molar-refractivity contribution in [2.45, 2.75) is 23.9 Å². The maximum atomic E-state index is 11.7. The molecule has 0 fully saturated rings. The Morgan fingerprint density at radius 2 is 2.12 bits per heavy atom. The van der Waals surface area contributed by atoms with Gasteiger partial charge in [0, 0.05) is 29.8 Å². The van der Waals surface area contributed by atoms with Crippen molar-refractivity contribution in [3.63, 3.8) is 0 Å². The summed E-state index contributed by atoms with van der Waals surface area (Å²) in [6.45, 7) is 2.90. The number of methoxy groups -OCH3 is 2. The number of H-pyrrole nitrogens is 1. The first-order chi connectivity index (χ1) is 12.2. The van der Waals surface area contributed by atoms with Gasteiger partial charge in [-0.25, -0.2) is 0 Å². The number of benzene rings is 1. The molecule has 0 aliphatic rings. The number of hydrogen-bond donors (Lipinski definition) is 1. The Kier molecular flexibility index (Phi) is 5.40.